The zero-order valence-corrected chi connectivity index (χ0v) is 16.2. The van der Waals surface area contributed by atoms with Crippen molar-refractivity contribution in [1.29, 1.82) is 0 Å². The van der Waals surface area contributed by atoms with Gasteiger partial charge in [-0.3, -0.25) is 4.90 Å². The van der Waals surface area contributed by atoms with Gasteiger partial charge in [0.2, 0.25) is 11.6 Å². The fourth-order valence-electron chi connectivity index (χ4n) is 3.71. The molecule has 10 nitrogen and oxygen atoms in total. The van der Waals surface area contributed by atoms with Gasteiger partial charge in [0.1, 0.15) is 0 Å². The number of esters is 1. The average molecular weight is 397 g/mol. The smallest absolute Gasteiger partial charge is 0.360 e. The molecule has 0 aliphatic carbocycles. The largest absolute Gasteiger partial charge is 0.464 e. The average Bonchev–Trinajstić information content (AvgIpc) is 3.35. The minimum absolute atomic E-state index is 0.0779. The first-order valence-electron chi connectivity index (χ1n) is 9.53. The highest BCUT2D eigenvalue weighted by molar-refractivity contribution is 5.88. The summed E-state index contributed by atoms with van der Waals surface area (Å²) in [5, 5.41) is 15.3. The molecule has 1 aromatic carbocycles. The molecule has 1 aliphatic heterocycles. The lowest BCUT2D eigenvalue weighted by atomic mass is 9.90. The number of ether oxygens (including phenoxy) is 1. The fourth-order valence-corrected chi connectivity index (χ4v) is 3.71. The number of rotatable bonds is 6. The molecule has 29 heavy (non-hydrogen) atoms. The Morgan fingerprint density at radius 2 is 2.00 bits per heavy atom. The van der Waals surface area contributed by atoms with E-state index in [9.17, 15) is 4.79 Å². The topological polar surface area (TPSA) is 125 Å². The number of nitrogen functional groups attached to an aromatic ring is 1. The number of hydrogen-bond donors (Lipinski definition) is 1. The Morgan fingerprint density at radius 3 is 2.66 bits per heavy atom. The molecule has 0 unspecified atom stereocenters. The second-order valence-corrected chi connectivity index (χ2v) is 7.17. The predicted molar refractivity (Wildman–Crippen MR) is 103 cm³/mol. The van der Waals surface area contributed by atoms with E-state index in [1.54, 1.807) is 0 Å². The molecule has 10 heteroatoms. The second-order valence-electron chi connectivity index (χ2n) is 7.17. The van der Waals surface area contributed by atoms with Crippen LogP contribution in [0, 0.1) is 5.92 Å². The molecule has 0 radical (unpaired) electrons. The van der Waals surface area contributed by atoms with E-state index < -0.39 is 5.97 Å². The van der Waals surface area contributed by atoms with E-state index in [4.69, 9.17) is 10.5 Å². The lowest BCUT2D eigenvalue weighted by Gasteiger charge is -2.32. The molecule has 0 spiro atoms. The standard InChI is InChI=1S/C19H23N7O3/c1-28-19(27)16-15(26(24-21-16)18-17(20)22-29-23-18)12-25-9-7-14(8-10-25)11-13-5-3-2-4-6-13/h2-6,14H,7-12H2,1H3,(H2,20,22). The maximum absolute atomic E-state index is 12.2. The summed E-state index contributed by atoms with van der Waals surface area (Å²) in [6.07, 6.45) is 3.25. The van der Waals surface area contributed by atoms with Crippen LogP contribution in [0.2, 0.25) is 0 Å². The molecule has 152 valence electrons. The first-order chi connectivity index (χ1) is 14.2. The zero-order valence-electron chi connectivity index (χ0n) is 16.2. The van der Waals surface area contributed by atoms with Crippen LogP contribution in [-0.4, -0.2) is 56.4 Å². The van der Waals surface area contributed by atoms with Crippen LogP contribution < -0.4 is 5.73 Å². The lowest BCUT2D eigenvalue weighted by molar-refractivity contribution is 0.0590. The summed E-state index contributed by atoms with van der Waals surface area (Å²) < 4.78 is 10.9. The van der Waals surface area contributed by atoms with Crippen molar-refractivity contribution in [2.24, 2.45) is 5.92 Å². The van der Waals surface area contributed by atoms with Crippen molar-refractivity contribution in [3.8, 4) is 5.82 Å². The van der Waals surface area contributed by atoms with Gasteiger partial charge in [0.05, 0.1) is 12.8 Å². The molecule has 1 aliphatic rings. The van der Waals surface area contributed by atoms with Gasteiger partial charge in [-0.1, -0.05) is 35.5 Å². The normalized spacial score (nSPS) is 15.5. The first-order valence-corrected chi connectivity index (χ1v) is 9.53. The van der Waals surface area contributed by atoms with Crippen molar-refractivity contribution in [2.75, 3.05) is 25.9 Å². The minimum atomic E-state index is -0.555. The summed E-state index contributed by atoms with van der Waals surface area (Å²) in [6.45, 7) is 2.30. The highest BCUT2D eigenvalue weighted by atomic mass is 16.6. The van der Waals surface area contributed by atoms with Crippen LogP contribution in [0.5, 0.6) is 0 Å². The molecule has 0 amide bonds. The molecule has 0 saturated carbocycles. The molecule has 0 atom stereocenters. The number of hydrogen-bond acceptors (Lipinski definition) is 9. The molecule has 1 saturated heterocycles. The zero-order chi connectivity index (χ0) is 20.2. The summed E-state index contributed by atoms with van der Waals surface area (Å²) >= 11 is 0. The molecule has 3 heterocycles. The van der Waals surface area contributed by atoms with Crippen LogP contribution in [0.25, 0.3) is 5.82 Å². The van der Waals surface area contributed by atoms with E-state index in [-0.39, 0.29) is 17.3 Å². The SMILES string of the molecule is COC(=O)c1nnn(-c2nonc2N)c1CN1CCC(Cc2ccccc2)CC1. The van der Waals surface area contributed by atoms with E-state index in [1.807, 2.05) is 6.07 Å². The summed E-state index contributed by atoms with van der Waals surface area (Å²) in [7, 11) is 1.31. The Kier molecular flexibility index (Phi) is 5.52. The fraction of sp³-hybridized carbons (Fsp3) is 0.421. The van der Waals surface area contributed by atoms with Crippen molar-refractivity contribution in [3.63, 3.8) is 0 Å². The lowest BCUT2D eigenvalue weighted by Crippen LogP contribution is -2.35. The summed E-state index contributed by atoms with van der Waals surface area (Å²) in [5.41, 5.74) is 7.87. The van der Waals surface area contributed by atoms with Gasteiger partial charge in [0, 0.05) is 6.54 Å². The van der Waals surface area contributed by atoms with Gasteiger partial charge in [0.25, 0.3) is 0 Å². The summed E-state index contributed by atoms with van der Waals surface area (Å²) in [6, 6.07) is 10.6. The Balaban J connectivity index is 1.47. The summed E-state index contributed by atoms with van der Waals surface area (Å²) in [5.74, 6) is 0.378. The number of likely N-dealkylation sites (tertiary alicyclic amines) is 1. The van der Waals surface area contributed by atoms with Gasteiger partial charge < -0.3 is 10.5 Å². The highest BCUT2D eigenvalue weighted by Gasteiger charge is 2.27. The number of benzene rings is 1. The Morgan fingerprint density at radius 1 is 1.24 bits per heavy atom. The Labute approximate surface area is 167 Å². The quantitative estimate of drug-likeness (QED) is 0.615. The number of carbonyl (C=O) groups is 1. The number of piperidine rings is 1. The monoisotopic (exact) mass is 397 g/mol. The molecule has 4 rings (SSSR count). The van der Waals surface area contributed by atoms with E-state index in [0.29, 0.717) is 18.2 Å². The van der Waals surface area contributed by atoms with Gasteiger partial charge >= 0.3 is 5.97 Å². The minimum Gasteiger partial charge on any atom is -0.464 e. The van der Waals surface area contributed by atoms with Crippen LogP contribution in [0.4, 0.5) is 5.82 Å². The first kappa shape index (κ1) is 19.1. The van der Waals surface area contributed by atoms with Gasteiger partial charge in [-0.15, -0.1) is 5.10 Å². The van der Waals surface area contributed by atoms with Crippen LogP contribution in [0.15, 0.2) is 35.0 Å². The van der Waals surface area contributed by atoms with Gasteiger partial charge in [-0.2, -0.15) is 4.68 Å². The van der Waals surface area contributed by atoms with E-state index in [1.165, 1.54) is 17.4 Å². The number of aromatic nitrogens is 5. The molecule has 2 aromatic heterocycles. The molecule has 1 fully saturated rings. The van der Waals surface area contributed by atoms with Crippen molar-refractivity contribution in [1.82, 2.24) is 30.2 Å². The molecule has 0 bridgehead atoms. The second kappa shape index (κ2) is 8.39. The Hall–Kier alpha value is -3.27. The molecular formula is C19H23N7O3. The number of methoxy groups -OCH3 is 1. The van der Waals surface area contributed by atoms with E-state index in [0.717, 1.165) is 32.4 Å². The molecule has 3 aromatic rings. The van der Waals surface area contributed by atoms with Crippen LogP contribution in [-0.2, 0) is 17.7 Å². The van der Waals surface area contributed by atoms with Crippen LogP contribution in [0.3, 0.4) is 0 Å². The van der Waals surface area contributed by atoms with Crippen molar-refractivity contribution in [2.45, 2.75) is 25.8 Å². The third-order valence-electron chi connectivity index (χ3n) is 5.29. The predicted octanol–water partition coefficient (Wildman–Crippen LogP) is 1.47. The van der Waals surface area contributed by atoms with Gasteiger partial charge in [-0.25, -0.2) is 9.42 Å². The van der Waals surface area contributed by atoms with E-state index >= 15 is 0 Å². The van der Waals surface area contributed by atoms with Gasteiger partial charge in [0.15, 0.2) is 5.69 Å². The number of nitrogens with zero attached hydrogens (tertiary/aromatic N) is 6. The third-order valence-corrected chi connectivity index (χ3v) is 5.29. The third kappa shape index (κ3) is 4.11. The highest BCUT2D eigenvalue weighted by Crippen LogP contribution is 2.24. The van der Waals surface area contributed by atoms with Crippen molar-refractivity contribution < 1.29 is 14.2 Å². The van der Waals surface area contributed by atoms with Crippen molar-refractivity contribution in [3.05, 3.63) is 47.3 Å². The molecular weight excluding hydrogens is 374 g/mol. The maximum atomic E-state index is 12.2. The molecule has 2 N–H and O–H groups in total. The number of carbonyl (C=O) groups excluding carboxylic acids is 1. The van der Waals surface area contributed by atoms with Crippen molar-refractivity contribution >= 4 is 11.8 Å². The van der Waals surface area contributed by atoms with E-state index in [2.05, 4.69) is 54.4 Å². The maximum Gasteiger partial charge on any atom is 0.360 e. The number of anilines is 1. The van der Waals surface area contributed by atoms with Crippen LogP contribution in [0.1, 0.15) is 34.6 Å². The van der Waals surface area contributed by atoms with Crippen LogP contribution >= 0.6 is 0 Å². The van der Waals surface area contributed by atoms with Gasteiger partial charge in [-0.05, 0) is 54.1 Å². The number of nitrogens with two attached hydrogens (primary N) is 1. The summed E-state index contributed by atoms with van der Waals surface area (Å²) in [4.78, 5) is 14.4. The Bertz CT molecular complexity index is 961.